The number of rotatable bonds is 6. The molecule has 0 radical (unpaired) electrons. The maximum atomic E-state index is 10.3. The van der Waals surface area contributed by atoms with E-state index < -0.39 is 5.60 Å². The Morgan fingerprint density at radius 3 is 2.29 bits per heavy atom. The number of para-hydroxylation sites is 1. The molecule has 0 aliphatic heterocycles. The molecule has 0 amide bonds. The quantitative estimate of drug-likeness (QED) is 0.875. The normalized spacial score (nSPS) is 11.2. The third kappa shape index (κ3) is 3.99. The highest BCUT2D eigenvalue weighted by Gasteiger charge is 2.24. The van der Waals surface area contributed by atoms with E-state index in [2.05, 4.69) is 0 Å². The zero-order valence-electron chi connectivity index (χ0n) is 12.8. The van der Waals surface area contributed by atoms with E-state index in [0.29, 0.717) is 24.7 Å². The molecule has 0 bridgehead atoms. The first-order valence-electron chi connectivity index (χ1n) is 7.17. The molecule has 112 valence electrons. The van der Waals surface area contributed by atoms with Gasteiger partial charge in [-0.05, 0) is 32.4 Å². The number of hydrogen-bond acceptors (Lipinski definition) is 3. The molecule has 0 aliphatic rings. The summed E-state index contributed by atoms with van der Waals surface area (Å²) in [6.45, 7) is 6.41. The molecule has 0 saturated heterocycles. The minimum atomic E-state index is -0.987. The van der Waals surface area contributed by atoms with Gasteiger partial charge in [0.25, 0.3) is 0 Å². The van der Waals surface area contributed by atoms with E-state index in [4.69, 9.17) is 9.47 Å². The summed E-state index contributed by atoms with van der Waals surface area (Å²) < 4.78 is 11.6. The topological polar surface area (TPSA) is 38.7 Å². The van der Waals surface area contributed by atoms with Gasteiger partial charge in [0.2, 0.25) is 0 Å². The number of aliphatic hydroxyl groups is 1. The lowest BCUT2D eigenvalue weighted by molar-refractivity contribution is 0.0736. The van der Waals surface area contributed by atoms with Crippen LogP contribution < -0.4 is 9.47 Å². The van der Waals surface area contributed by atoms with E-state index in [0.717, 1.165) is 11.1 Å². The minimum absolute atomic E-state index is 0.438. The second-order valence-corrected chi connectivity index (χ2v) is 5.40. The lowest BCUT2D eigenvalue weighted by atomic mass is 9.97. The van der Waals surface area contributed by atoms with Crippen LogP contribution in [-0.4, -0.2) is 11.7 Å². The molecule has 0 aromatic heterocycles. The Morgan fingerprint density at radius 2 is 1.67 bits per heavy atom. The third-order valence-electron chi connectivity index (χ3n) is 3.16. The van der Waals surface area contributed by atoms with Crippen LogP contribution in [-0.2, 0) is 12.2 Å². The fraction of sp³-hybridized carbons (Fsp3) is 0.333. The zero-order chi connectivity index (χ0) is 15.3. The highest BCUT2D eigenvalue weighted by Crippen LogP contribution is 2.38. The van der Waals surface area contributed by atoms with Gasteiger partial charge >= 0.3 is 0 Å². The van der Waals surface area contributed by atoms with Gasteiger partial charge in [0.15, 0.2) is 11.5 Å². The predicted molar refractivity (Wildman–Crippen MR) is 83.6 cm³/mol. The Labute approximate surface area is 126 Å². The number of benzene rings is 2. The van der Waals surface area contributed by atoms with Crippen LogP contribution in [0.15, 0.2) is 48.5 Å². The van der Waals surface area contributed by atoms with Gasteiger partial charge in [0.1, 0.15) is 6.61 Å². The molecule has 0 unspecified atom stereocenters. The van der Waals surface area contributed by atoms with Crippen molar-refractivity contribution in [2.45, 2.75) is 33.0 Å². The number of ether oxygens (including phenoxy) is 2. The van der Waals surface area contributed by atoms with Crippen molar-refractivity contribution in [3.8, 4) is 11.5 Å². The molecule has 3 heteroatoms. The van der Waals surface area contributed by atoms with Crippen molar-refractivity contribution < 1.29 is 14.6 Å². The first-order chi connectivity index (χ1) is 10.0. The van der Waals surface area contributed by atoms with Crippen molar-refractivity contribution in [1.29, 1.82) is 0 Å². The van der Waals surface area contributed by atoms with E-state index >= 15 is 0 Å². The monoisotopic (exact) mass is 286 g/mol. The molecule has 0 aliphatic carbocycles. The molecule has 2 aromatic carbocycles. The maximum Gasteiger partial charge on any atom is 0.167 e. The Balaban J connectivity index is 2.30. The highest BCUT2D eigenvalue weighted by molar-refractivity contribution is 5.49. The SMILES string of the molecule is CCOc1cccc(C(C)(C)O)c1OCc1ccccc1. The van der Waals surface area contributed by atoms with Crippen molar-refractivity contribution >= 4 is 0 Å². The van der Waals surface area contributed by atoms with Crippen molar-refractivity contribution in [3.05, 3.63) is 59.7 Å². The molecule has 0 fully saturated rings. The van der Waals surface area contributed by atoms with Gasteiger partial charge in [-0.3, -0.25) is 0 Å². The van der Waals surface area contributed by atoms with Gasteiger partial charge < -0.3 is 14.6 Å². The Bertz CT molecular complexity index is 571. The van der Waals surface area contributed by atoms with Gasteiger partial charge in [0.05, 0.1) is 12.2 Å². The second kappa shape index (κ2) is 6.64. The van der Waals surface area contributed by atoms with E-state index in [-0.39, 0.29) is 0 Å². The summed E-state index contributed by atoms with van der Waals surface area (Å²) in [6, 6.07) is 15.5. The molecule has 3 nitrogen and oxygen atoms in total. The molecule has 0 saturated carbocycles. The van der Waals surface area contributed by atoms with Crippen LogP contribution in [0.2, 0.25) is 0 Å². The van der Waals surface area contributed by atoms with Gasteiger partial charge in [-0.25, -0.2) is 0 Å². The van der Waals surface area contributed by atoms with E-state index in [1.165, 1.54) is 0 Å². The van der Waals surface area contributed by atoms with Crippen LogP contribution in [0.25, 0.3) is 0 Å². The van der Waals surface area contributed by atoms with Crippen LogP contribution >= 0.6 is 0 Å². The molecule has 21 heavy (non-hydrogen) atoms. The Kier molecular flexibility index (Phi) is 4.86. The van der Waals surface area contributed by atoms with Crippen LogP contribution in [0.5, 0.6) is 11.5 Å². The predicted octanol–water partition coefficient (Wildman–Crippen LogP) is 3.89. The summed E-state index contributed by atoms with van der Waals surface area (Å²) in [6.07, 6.45) is 0. The summed E-state index contributed by atoms with van der Waals surface area (Å²) in [4.78, 5) is 0. The standard InChI is InChI=1S/C18H22O3/c1-4-20-16-12-8-11-15(18(2,3)19)17(16)21-13-14-9-6-5-7-10-14/h5-12,19H,4,13H2,1-3H3. The maximum absolute atomic E-state index is 10.3. The second-order valence-electron chi connectivity index (χ2n) is 5.40. The summed E-state index contributed by atoms with van der Waals surface area (Å²) in [5.74, 6) is 1.27. The van der Waals surface area contributed by atoms with Crippen LogP contribution in [0.4, 0.5) is 0 Å². The van der Waals surface area contributed by atoms with Crippen molar-refractivity contribution in [3.63, 3.8) is 0 Å². The molecule has 1 N–H and O–H groups in total. The van der Waals surface area contributed by atoms with Gasteiger partial charge in [-0.2, -0.15) is 0 Å². The number of hydrogen-bond donors (Lipinski definition) is 1. The first-order valence-corrected chi connectivity index (χ1v) is 7.17. The molecule has 2 aromatic rings. The van der Waals surface area contributed by atoms with Crippen molar-refractivity contribution in [2.75, 3.05) is 6.61 Å². The Morgan fingerprint density at radius 1 is 0.952 bits per heavy atom. The lowest BCUT2D eigenvalue weighted by Gasteiger charge is -2.23. The largest absolute Gasteiger partial charge is 0.490 e. The zero-order valence-corrected chi connectivity index (χ0v) is 12.8. The smallest absolute Gasteiger partial charge is 0.167 e. The summed E-state index contributed by atoms with van der Waals surface area (Å²) in [5.41, 5.74) is 0.814. The van der Waals surface area contributed by atoms with E-state index in [9.17, 15) is 5.11 Å². The summed E-state index contributed by atoms with van der Waals surface area (Å²) in [7, 11) is 0. The third-order valence-corrected chi connectivity index (χ3v) is 3.16. The van der Waals surface area contributed by atoms with Crippen LogP contribution in [0.3, 0.4) is 0 Å². The fourth-order valence-electron chi connectivity index (χ4n) is 2.15. The molecular weight excluding hydrogens is 264 g/mol. The lowest BCUT2D eigenvalue weighted by Crippen LogP contribution is -2.17. The van der Waals surface area contributed by atoms with Crippen LogP contribution in [0.1, 0.15) is 31.9 Å². The van der Waals surface area contributed by atoms with Crippen molar-refractivity contribution in [2.24, 2.45) is 0 Å². The molecule has 0 heterocycles. The first kappa shape index (κ1) is 15.4. The van der Waals surface area contributed by atoms with Gasteiger partial charge in [-0.15, -0.1) is 0 Å². The van der Waals surface area contributed by atoms with Crippen molar-refractivity contribution in [1.82, 2.24) is 0 Å². The molecule has 2 rings (SSSR count). The Hall–Kier alpha value is -2.00. The van der Waals surface area contributed by atoms with E-state index in [1.54, 1.807) is 13.8 Å². The average Bonchev–Trinajstić information content (AvgIpc) is 2.46. The summed E-state index contributed by atoms with van der Waals surface area (Å²) in [5, 5.41) is 10.3. The molecule has 0 spiro atoms. The average molecular weight is 286 g/mol. The molecule has 0 atom stereocenters. The van der Waals surface area contributed by atoms with Gasteiger partial charge in [-0.1, -0.05) is 42.5 Å². The van der Waals surface area contributed by atoms with E-state index in [1.807, 2.05) is 55.5 Å². The fourth-order valence-corrected chi connectivity index (χ4v) is 2.15. The van der Waals surface area contributed by atoms with Crippen LogP contribution in [0, 0.1) is 0 Å². The highest BCUT2D eigenvalue weighted by atomic mass is 16.5. The van der Waals surface area contributed by atoms with Gasteiger partial charge in [0, 0.05) is 5.56 Å². The molecular formula is C18H22O3. The minimum Gasteiger partial charge on any atom is -0.490 e. The summed E-state index contributed by atoms with van der Waals surface area (Å²) >= 11 is 0.